The molecule has 1 saturated heterocycles. The van der Waals surface area contributed by atoms with Crippen molar-refractivity contribution in [2.45, 2.75) is 12.8 Å². The van der Waals surface area contributed by atoms with Gasteiger partial charge in [-0.15, -0.1) is 13.2 Å². The number of hydrogen-bond acceptors (Lipinski definition) is 3. The van der Waals surface area contributed by atoms with Crippen LogP contribution in [0.3, 0.4) is 0 Å². The normalized spacial score (nSPS) is 17.2. The van der Waals surface area contributed by atoms with Crippen molar-refractivity contribution in [3.8, 4) is 0 Å². The summed E-state index contributed by atoms with van der Waals surface area (Å²) in [5, 5.41) is 13.9. The summed E-state index contributed by atoms with van der Waals surface area (Å²) < 4.78 is 20.9. The second-order valence-electron chi connectivity index (χ2n) is 2.14. The van der Waals surface area contributed by atoms with E-state index in [1.54, 1.807) is 0 Å². The summed E-state index contributed by atoms with van der Waals surface area (Å²) in [5.41, 5.74) is 0. The van der Waals surface area contributed by atoms with Gasteiger partial charge in [-0.25, -0.2) is 13.2 Å². The lowest BCUT2D eigenvalue weighted by atomic mass is 10.4. The molecule has 78 valence electrons. The van der Waals surface area contributed by atoms with E-state index in [-0.39, 0.29) is 0 Å². The van der Waals surface area contributed by atoms with Crippen molar-refractivity contribution in [2.24, 2.45) is 0 Å². The van der Waals surface area contributed by atoms with Gasteiger partial charge in [0.25, 0.3) is 0 Å². The molecule has 0 aromatic carbocycles. The topological polar surface area (TPSA) is 91.7 Å². The van der Waals surface area contributed by atoms with Gasteiger partial charge in [-0.1, -0.05) is 0 Å². The van der Waals surface area contributed by atoms with Crippen LogP contribution < -0.4 is 0 Å². The fourth-order valence-electron chi connectivity index (χ4n) is 0.746. The molecule has 0 bridgehead atoms. The van der Waals surface area contributed by atoms with E-state index >= 15 is 0 Å². The number of rotatable bonds is 0. The molecule has 0 spiro atoms. The second kappa shape index (κ2) is 7.60. The largest absolute Gasteiger partial charge is 0.503 e. The molecule has 0 aliphatic carbocycles. The molecule has 0 aromatic rings. The highest BCUT2D eigenvalue weighted by Gasteiger charge is 2.16. The van der Waals surface area contributed by atoms with Crippen molar-refractivity contribution in [3.63, 3.8) is 0 Å². The van der Waals surface area contributed by atoms with Crippen molar-refractivity contribution in [1.29, 1.82) is 0 Å². The van der Waals surface area contributed by atoms with Gasteiger partial charge in [-0.3, -0.25) is 0 Å². The summed E-state index contributed by atoms with van der Waals surface area (Å²) in [7, 11) is -2.55. The summed E-state index contributed by atoms with van der Waals surface area (Å²) >= 11 is 0. The van der Waals surface area contributed by atoms with Crippen LogP contribution >= 0.6 is 0 Å². The maximum Gasteiger partial charge on any atom is 0.503 e. The molecule has 13 heavy (non-hydrogen) atoms. The first kappa shape index (κ1) is 14.5. The Hall–Kier alpha value is -1.04. The first-order valence-electron chi connectivity index (χ1n) is 3.56. The molecule has 5 nitrogen and oxygen atoms in total. The van der Waals surface area contributed by atoms with Gasteiger partial charge in [0.05, 0.1) is 11.5 Å². The van der Waals surface area contributed by atoms with Crippen molar-refractivity contribution in [3.05, 3.63) is 13.2 Å². The molecule has 0 aromatic heterocycles. The average Bonchev–Trinajstić information content (AvgIpc) is 2.37. The van der Waals surface area contributed by atoms with Gasteiger partial charge in [0.1, 0.15) is 9.84 Å². The molecule has 0 saturated carbocycles. The van der Waals surface area contributed by atoms with Gasteiger partial charge < -0.3 is 10.2 Å². The third kappa shape index (κ3) is 13.9. The zero-order valence-corrected chi connectivity index (χ0v) is 8.09. The van der Waals surface area contributed by atoms with Crippen LogP contribution in [0.1, 0.15) is 12.8 Å². The number of hydrogen-bond donors (Lipinski definition) is 2. The number of carboxylic acid groups (broad SMARTS) is 2. The van der Waals surface area contributed by atoms with Crippen molar-refractivity contribution < 1.29 is 23.4 Å². The van der Waals surface area contributed by atoms with Crippen LogP contribution in [-0.2, 0) is 9.84 Å². The third-order valence-corrected chi connectivity index (χ3v) is 2.98. The molecule has 2 N–H and O–H groups in total. The fraction of sp³-hybridized carbons (Fsp3) is 0.571. The van der Waals surface area contributed by atoms with E-state index in [2.05, 4.69) is 13.2 Å². The molecule has 1 heterocycles. The quantitative estimate of drug-likeness (QED) is 0.586. The lowest BCUT2D eigenvalue weighted by Gasteiger charge is -1.81. The predicted molar refractivity (Wildman–Crippen MR) is 49.8 cm³/mol. The summed E-state index contributed by atoms with van der Waals surface area (Å²) in [6.07, 6.45) is -0.0787. The Kier molecular flexibility index (Phi) is 8.47. The lowest BCUT2D eigenvalue weighted by Crippen LogP contribution is -1.98. The Morgan fingerprint density at radius 2 is 1.31 bits per heavy atom. The summed E-state index contributed by atoms with van der Waals surface area (Å²) in [6.45, 7) is 6.00. The van der Waals surface area contributed by atoms with Crippen LogP contribution in [0.2, 0.25) is 0 Å². The van der Waals surface area contributed by atoms with Crippen LogP contribution in [0.15, 0.2) is 13.2 Å². The molecule has 1 rings (SSSR count). The van der Waals surface area contributed by atoms with Crippen LogP contribution in [0.25, 0.3) is 0 Å². The third-order valence-electron chi connectivity index (χ3n) is 1.16. The Balaban J connectivity index is 0. The van der Waals surface area contributed by atoms with Gasteiger partial charge >= 0.3 is 6.16 Å². The van der Waals surface area contributed by atoms with Crippen LogP contribution in [-0.4, -0.2) is 36.3 Å². The maximum atomic E-state index is 10.4. The van der Waals surface area contributed by atoms with E-state index < -0.39 is 16.0 Å². The molecule has 0 unspecified atom stereocenters. The zero-order chi connectivity index (χ0) is 10.9. The Morgan fingerprint density at radius 3 is 1.38 bits per heavy atom. The molecular formula is C7H14O5S. The van der Waals surface area contributed by atoms with E-state index in [0.29, 0.717) is 11.5 Å². The molecule has 6 heteroatoms. The highest BCUT2D eigenvalue weighted by atomic mass is 32.2. The monoisotopic (exact) mass is 210 g/mol. The summed E-state index contributed by atoms with van der Waals surface area (Å²) in [5.74, 6) is 0.847. The van der Waals surface area contributed by atoms with Crippen LogP contribution in [0.4, 0.5) is 4.79 Å². The van der Waals surface area contributed by atoms with Gasteiger partial charge in [-0.05, 0) is 12.8 Å². The van der Waals surface area contributed by atoms with E-state index in [1.165, 1.54) is 0 Å². The molecule has 0 radical (unpaired) electrons. The minimum atomic E-state index is -2.55. The SMILES string of the molecule is C=C.O=C(O)O.O=S1(=O)CCCC1. The predicted octanol–water partition coefficient (Wildman–Crippen LogP) is 1.22. The summed E-state index contributed by atoms with van der Waals surface area (Å²) in [4.78, 5) is 8.56. The zero-order valence-electron chi connectivity index (χ0n) is 7.27. The Labute approximate surface area is 77.6 Å². The minimum Gasteiger partial charge on any atom is -0.450 e. The van der Waals surface area contributed by atoms with Gasteiger partial charge in [0, 0.05) is 0 Å². The van der Waals surface area contributed by atoms with Crippen molar-refractivity contribution in [1.82, 2.24) is 0 Å². The van der Waals surface area contributed by atoms with Crippen LogP contribution in [0.5, 0.6) is 0 Å². The minimum absolute atomic E-state index is 0.424. The maximum absolute atomic E-state index is 10.4. The summed E-state index contributed by atoms with van der Waals surface area (Å²) in [6, 6.07) is 0. The molecule has 1 aliphatic heterocycles. The van der Waals surface area contributed by atoms with Gasteiger partial charge in [-0.2, -0.15) is 0 Å². The smallest absolute Gasteiger partial charge is 0.450 e. The number of sulfone groups is 1. The first-order valence-corrected chi connectivity index (χ1v) is 5.38. The van der Waals surface area contributed by atoms with Crippen molar-refractivity contribution >= 4 is 16.0 Å². The standard InChI is InChI=1S/C4H8O2S.C2H4.CH2O3/c5-7(6)3-1-2-4-7;1-2;2-1(3)4/h1-4H2;1-2H2;(H2,2,3,4). The first-order chi connectivity index (χ1) is 5.94. The second-order valence-corrected chi connectivity index (χ2v) is 4.45. The number of carbonyl (C=O) groups is 1. The van der Waals surface area contributed by atoms with Crippen molar-refractivity contribution in [2.75, 3.05) is 11.5 Å². The Bertz CT molecular complexity index is 215. The fourth-order valence-corrected chi connectivity index (χ4v) is 2.24. The van der Waals surface area contributed by atoms with Crippen LogP contribution in [0, 0.1) is 0 Å². The molecular weight excluding hydrogens is 196 g/mol. The molecule has 0 amide bonds. The molecule has 1 fully saturated rings. The van der Waals surface area contributed by atoms with Gasteiger partial charge in [0.2, 0.25) is 0 Å². The molecule has 0 atom stereocenters. The highest BCUT2D eigenvalue weighted by Crippen LogP contribution is 2.08. The Morgan fingerprint density at radius 1 is 1.08 bits per heavy atom. The van der Waals surface area contributed by atoms with Gasteiger partial charge in [0.15, 0.2) is 0 Å². The average molecular weight is 210 g/mol. The lowest BCUT2D eigenvalue weighted by molar-refractivity contribution is 0.137. The van der Waals surface area contributed by atoms with E-state index in [4.69, 9.17) is 15.0 Å². The highest BCUT2D eigenvalue weighted by molar-refractivity contribution is 7.91. The molecule has 1 aliphatic rings. The van der Waals surface area contributed by atoms with E-state index in [0.717, 1.165) is 12.8 Å². The van der Waals surface area contributed by atoms with E-state index in [1.807, 2.05) is 0 Å². The van der Waals surface area contributed by atoms with E-state index in [9.17, 15) is 8.42 Å².